The van der Waals surface area contributed by atoms with Crippen LogP contribution in [0.15, 0.2) is 59.8 Å². The average molecular weight is 312 g/mol. The van der Waals surface area contributed by atoms with E-state index in [1.165, 1.54) is 11.8 Å². The van der Waals surface area contributed by atoms with Crippen LogP contribution in [0, 0.1) is 0 Å². The summed E-state index contributed by atoms with van der Waals surface area (Å²) in [7, 11) is 0. The number of carbonyl (C=O) groups excluding carboxylic acids is 1. The number of thioether (sulfide) groups is 1. The molecule has 1 unspecified atom stereocenters. The number of imidazole rings is 1. The van der Waals surface area contributed by atoms with Gasteiger partial charge in [-0.05, 0) is 24.6 Å². The van der Waals surface area contributed by atoms with Gasteiger partial charge >= 0.3 is 5.97 Å². The van der Waals surface area contributed by atoms with Crippen LogP contribution in [0.2, 0.25) is 0 Å². The molecular formula is C17H16N2O2S. The minimum atomic E-state index is -0.429. The highest BCUT2D eigenvalue weighted by molar-refractivity contribution is 8.00. The summed E-state index contributed by atoms with van der Waals surface area (Å²) in [5, 5.41) is 0.282. The third-order valence-corrected chi connectivity index (χ3v) is 4.32. The third kappa shape index (κ3) is 3.14. The summed E-state index contributed by atoms with van der Waals surface area (Å²) in [4.78, 5) is 20.0. The Labute approximate surface area is 132 Å². The molecule has 0 aliphatic rings. The minimum Gasteiger partial charge on any atom is -0.465 e. The molecule has 1 heterocycles. The lowest BCUT2D eigenvalue weighted by Crippen LogP contribution is -2.13. The standard InChI is InChI=1S/C17H16N2O2S/c1-2-21-16(20)15(12-8-4-3-5-9-12)22-17-18-13-10-6-7-11-14(13)19-17/h3-11,15H,2H2,1H3,(H,18,19). The van der Waals surface area contributed by atoms with E-state index in [1.54, 1.807) is 0 Å². The van der Waals surface area contributed by atoms with E-state index >= 15 is 0 Å². The predicted molar refractivity (Wildman–Crippen MR) is 87.8 cm³/mol. The first kappa shape index (κ1) is 14.7. The molecule has 0 fully saturated rings. The van der Waals surface area contributed by atoms with Crippen molar-refractivity contribution in [1.29, 1.82) is 0 Å². The molecule has 0 saturated heterocycles. The van der Waals surface area contributed by atoms with Gasteiger partial charge in [0.25, 0.3) is 0 Å². The van der Waals surface area contributed by atoms with Crippen molar-refractivity contribution in [3.63, 3.8) is 0 Å². The van der Waals surface area contributed by atoms with Crippen LogP contribution in [-0.2, 0) is 9.53 Å². The fourth-order valence-corrected chi connectivity index (χ4v) is 3.20. The number of nitrogens with one attached hydrogen (secondary N) is 1. The summed E-state index contributed by atoms with van der Waals surface area (Å²) in [6, 6.07) is 17.4. The first-order chi connectivity index (χ1) is 10.8. The Morgan fingerprint density at radius 2 is 1.91 bits per heavy atom. The van der Waals surface area contributed by atoms with Gasteiger partial charge in [-0.1, -0.05) is 54.2 Å². The Balaban J connectivity index is 1.90. The second kappa shape index (κ2) is 6.66. The molecule has 5 heteroatoms. The van der Waals surface area contributed by atoms with Gasteiger partial charge in [0, 0.05) is 0 Å². The van der Waals surface area contributed by atoms with E-state index in [9.17, 15) is 4.79 Å². The number of aromatic nitrogens is 2. The molecule has 0 saturated carbocycles. The second-order valence-corrected chi connectivity index (χ2v) is 5.81. The van der Waals surface area contributed by atoms with Crippen molar-refractivity contribution >= 4 is 28.8 Å². The number of para-hydroxylation sites is 2. The van der Waals surface area contributed by atoms with Gasteiger partial charge in [-0.25, -0.2) is 4.98 Å². The van der Waals surface area contributed by atoms with Gasteiger partial charge in [-0.2, -0.15) is 0 Å². The number of rotatable bonds is 5. The van der Waals surface area contributed by atoms with Crippen molar-refractivity contribution < 1.29 is 9.53 Å². The number of aromatic amines is 1. The molecule has 0 aliphatic heterocycles. The molecular weight excluding hydrogens is 296 g/mol. The number of esters is 1. The van der Waals surface area contributed by atoms with Crippen molar-refractivity contribution in [3.8, 4) is 0 Å². The first-order valence-electron chi connectivity index (χ1n) is 7.11. The Morgan fingerprint density at radius 1 is 1.18 bits per heavy atom. The van der Waals surface area contributed by atoms with Gasteiger partial charge in [-0.15, -0.1) is 0 Å². The maximum atomic E-state index is 12.3. The van der Waals surface area contributed by atoms with Gasteiger partial charge in [0.05, 0.1) is 17.6 Å². The molecule has 3 aromatic rings. The zero-order valence-corrected chi connectivity index (χ0v) is 13.0. The minimum absolute atomic E-state index is 0.251. The molecule has 0 spiro atoms. The topological polar surface area (TPSA) is 55.0 Å². The number of H-pyrrole nitrogens is 1. The molecule has 0 amide bonds. The Morgan fingerprint density at radius 3 is 2.64 bits per heavy atom. The summed E-state index contributed by atoms with van der Waals surface area (Å²) in [6.45, 7) is 2.18. The highest BCUT2D eigenvalue weighted by Gasteiger charge is 2.24. The lowest BCUT2D eigenvalue weighted by atomic mass is 10.1. The number of ether oxygens (including phenoxy) is 1. The van der Waals surface area contributed by atoms with Crippen LogP contribution < -0.4 is 0 Å². The van der Waals surface area contributed by atoms with E-state index in [0.29, 0.717) is 11.8 Å². The highest BCUT2D eigenvalue weighted by atomic mass is 32.2. The van der Waals surface area contributed by atoms with Gasteiger partial charge in [-0.3, -0.25) is 4.79 Å². The molecule has 2 aromatic carbocycles. The maximum absolute atomic E-state index is 12.3. The molecule has 112 valence electrons. The van der Waals surface area contributed by atoms with E-state index in [0.717, 1.165) is 16.6 Å². The normalized spacial score (nSPS) is 12.2. The van der Waals surface area contributed by atoms with Crippen LogP contribution in [0.3, 0.4) is 0 Å². The third-order valence-electron chi connectivity index (χ3n) is 3.20. The van der Waals surface area contributed by atoms with Crippen LogP contribution in [0.4, 0.5) is 0 Å². The molecule has 1 aromatic heterocycles. The number of carbonyl (C=O) groups is 1. The average Bonchev–Trinajstić information content (AvgIpc) is 2.96. The summed E-state index contributed by atoms with van der Waals surface area (Å²) in [5.41, 5.74) is 2.76. The number of nitrogens with zero attached hydrogens (tertiary/aromatic N) is 1. The Kier molecular flexibility index (Phi) is 4.44. The molecule has 1 atom stereocenters. The summed E-state index contributed by atoms with van der Waals surface area (Å²) in [6.07, 6.45) is 0. The van der Waals surface area contributed by atoms with Crippen LogP contribution >= 0.6 is 11.8 Å². The molecule has 1 N–H and O–H groups in total. The summed E-state index contributed by atoms with van der Waals surface area (Å²) in [5.74, 6) is -0.251. The maximum Gasteiger partial charge on any atom is 0.324 e. The monoisotopic (exact) mass is 312 g/mol. The lowest BCUT2D eigenvalue weighted by Gasteiger charge is -2.14. The molecule has 3 rings (SSSR count). The predicted octanol–water partition coefficient (Wildman–Crippen LogP) is 3.96. The molecule has 0 radical (unpaired) electrons. The van der Waals surface area contributed by atoms with Crippen molar-refractivity contribution in [1.82, 2.24) is 9.97 Å². The van der Waals surface area contributed by atoms with E-state index in [1.807, 2.05) is 61.5 Å². The fraction of sp³-hybridized carbons (Fsp3) is 0.176. The van der Waals surface area contributed by atoms with E-state index in [2.05, 4.69) is 9.97 Å². The first-order valence-corrected chi connectivity index (χ1v) is 7.99. The Hall–Kier alpha value is -2.27. The number of fused-ring (bicyclic) bond motifs is 1. The van der Waals surface area contributed by atoms with Crippen LogP contribution in [0.1, 0.15) is 17.7 Å². The van der Waals surface area contributed by atoms with E-state index in [-0.39, 0.29) is 5.97 Å². The van der Waals surface area contributed by atoms with E-state index in [4.69, 9.17) is 4.74 Å². The van der Waals surface area contributed by atoms with Gasteiger partial charge in [0.15, 0.2) is 5.16 Å². The quantitative estimate of drug-likeness (QED) is 0.572. The zero-order valence-electron chi connectivity index (χ0n) is 12.2. The lowest BCUT2D eigenvalue weighted by molar-refractivity contribution is -0.142. The zero-order chi connectivity index (χ0) is 15.4. The van der Waals surface area contributed by atoms with E-state index < -0.39 is 5.25 Å². The Bertz CT molecular complexity index is 737. The largest absolute Gasteiger partial charge is 0.465 e. The molecule has 4 nitrogen and oxygen atoms in total. The fourth-order valence-electron chi connectivity index (χ4n) is 2.19. The van der Waals surface area contributed by atoms with Crippen LogP contribution in [0.5, 0.6) is 0 Å². The van der Waals surface area contributed by atoms with Gasteiger partial charge in [0.2, 0.25) is 0 Å². The number of benzene rings is 2. The summed E-state index contributed by atoms with van der Waals surface area (Å²) < 4.78 is 5.20. The van der Waals surface area contributed by atoms with Crippen molar-refractivity contribution in [3.05, 3.63) is 60.2 Å². The molecule has 0 bridgehead atoms. The number of hydrogen-bond acceptors (Lipinski definition) is 4. The molecule has 22 heavy (non-hydrogen) atoms. The smallest absolute Gasteiger partial charge is 0.324 e. The number of hydrogen-bond donors (Lipinski definition) is 1. The molecule has 0 aliphatic carbocycles. The van der Waals surface area contributed by atoms with Gasteiger partial charge in [0.1, 0.15) is 5.25 Å². The summed E-state index contributed by atoms with van der Waals surface area (Å²) >= 11 is 1.37. The van der Waals surface area contributed by atoms with Crippen LogP contribution in [0.25, 0.3) is 11.0 Å². The van der Waals surface area contributed by atoms with Crippen molar-refractivity contribution in [2.75, 3.05) is 6.61 Å². The van der Waals surface area contributed by atoms with Crippen LogP contribution in [-0.4, -0.2) is 22.5 Å². The van der Waals surface area contributed by atoms with Crippen molar-refractivity contribution in [2.24, 2.45) is 0 Å². The highest BCUT2D eigenvalue weighted by Crippen LogP contribution is 2.35. The van der Waals surface area contributed by atoms with Crippen molar-refractivity contribution in [2.45, 2.75) is 17.3 Å². The SMILES string of the molecule is CCOC(=O)C(Sc1nc2ccccc2[nH]1)c1ccccc1. The van der Waals surface area contributed by atoms with Gasteiger partial charge < -0.3 is 9.72 Å². The second-order valence-electron chi connectivity index (χ2n) is 4.72.